The van der Waals surface area contributed by atoms with Gasteiger partial charge < -0.3 is 10.1 Å². The van der Waals surface area contributed by atoms with Gasteiger partial charge in [-0.25, -0.2) is 0 Å². The van der Waals surface area contributed by atoms with Crippen LogP contribution in [0.15, 0.2) is 4.47 Å². The van der Waals surface area contributed by atoms with Gasteiger partial charge in [-0.05, 0) is 60.0 Å². The number of nitrogens with zero attached hydrogens (tertiary/aromatic N) is 2. The minimum Gasteiger partial charge on any atom is -0.381 e. The standard InChI is InChI=1S/C16H28BrN3O/c1-12(2)10-18-11-16(5-7-21-8-6-16)9-14-15(17)13(3)19-20(14)4/h12,18H,5-11H2,1-4H3. The molecule has 4 nitrogen and oxygen atoms in total. The molecule has 1 aliphatic rings. The highest BCUT2D eigenvalue weighted by Crippen LogP contribution is 2.36. The molecule has 0 amide bonds. The van der Waals surface area contributed by atoms with Crippen molar-refractivity contribution < 1.29 is 4.74 Å². The zero-order chi connectivity index (χ0) is 15.5. The normalized spacial score (nSPS) is 18.4. The van der Waals surface area contributed by atoms with Crippen LogP contribution < -0.4 is 5.32 Å². The first-order valence-electron chi connectivity index (χ1n) is 7.90. The Bertz CT molecular complexity index is 464. The maximum atomic E-state index is 5.59. The molecule has 1 fully saturated rings. The van der Waals surface area contributed by atoms with E-state index in [1.165, 1.54) is 10.2 Å². The number of aryl methyl sites for hydroxylation is 2. The van der Waals surface area contributed by atoms with Crippen molar-refractivity contribution in [2.75, 3.05) is 26.3 Å². The molecule has 21 heavy (non-hydrogen) atoms. The van der Waals surface area contributed by atoms with Crippen LogP contribution in [0.25, 0.3) is 0 Å². The maximum absolute atomic E-state index is 5.59. The zero-order valence-electron chi connectivity index (χ0n) is 13.7. The Kier molecular flexibility index (Phi) is 5.86. The number of aromatic nitrogens is 2. The molecule has 0 radical (unpaired) electrons. The summed E-state index contributed by atoms with van der Waals surface area (Å²) in [5.74, 6) is 0.688. The summed E-state index contributed by atoms with van der Waals surface area (Å²) in [5, 5.41) is 8.19. The largest absolute Gasteiger partial charge is 0.381 e. The van der Waals surface area contributed by atoms with Gasteiger partial charge in [-0.1, -0.05) is 13.8 Å². The summed E-state index contributed by atoms with van der Waals surface area (Å²) in [6.45, 7) is 10.5. The minimum atomic E-state index is 0.288. The molecule has 120 valence electrons. The lowest BCUT2D eigenvalue weighted by molar-refractivity contribution is 0.0138. The lowest BCUT2D eigenvalue weighted by Crippen LogP contribution is -2.42. The Hall–Kier alpha value is -0.390. The van der Waals surface area contributed by atoms with Crippen molar-refractivity contribution in [3.63, 3.8) is 0 Å². The Morgan fingerprint density at radius 3 is 2.57 bits per heavy atom. The van der Waals surface area contributed by atoms with Crippen LogP contribution in [0.5, 0.6) is 0 Å². The average Bonchev–Trinajstić information content (AvgIpc) is 2.66. The molecule has 1 aromatic rings. The van der Waals surface area contributed by atoms with Gasteiger partial charge in [0.25, 0.3) is 0 Å². The van der Waals surface area contributed by atoms with Gasteiger partial charge in [0.2, 0.25) is 0 Å². The Balaban J connectivity index is 2.12. The average molecular weight is 358 g/mol. The molecule has 0 aromatic carbocycles. The summed E-state index contributed by atoms with van der Waals surface area (Å²) >= 11 is 3.71. The summed E-state index contributed by atoms with van der Waals surface area (Å²) in [6, 6.07) is 0. The molecule has 0 bridgehead atoms. The second-order valence-electron chi connectivity index (χ2n) is 6.78. The summed E-state index contributed by atoms with van der Waals surface area (Å²) in [4.78, 5) is 0. The van der Waals surface area contributed by atoms with Crippen molar-refractivity contribution in [3.8, 4) is 0 Å². The van der Waals surface area contributed by atoms with E-state index in [-0.39, 0.29) is 5.41 Å². The van der Waals surface area contributed by atoms with Crippen molar-refractivity contribution in [3.05, 3.63) is 15.9 Å². The molecular weight excluding hydrogens is 330 g/mol. The van der Waals surface area contributed by atoms with Crippen LogP contribution >= 0.6 is 15.9 Å². The minimum absolute atomic E-state index is 0.288. The van der Waals surface area contributed by atoms with Crippen LogP contribution in [0.1, 0.15) is 38.1 Å². The van der Waals surface area contributed by atoms with Gasteiger partial charge in [-0.15, -0.1) is 0 Å². The zero-order valence-corrected chi connectivity index (χ0v) is 15.3. The van der Waals surface area contributed by atoms with Gasteiger partial charge in [0.05, 0.1) is 15.9 Å². The highest BCUT2D eigenvalue weighted by Gasteiger charge is 2.34. The van der Waals surface area contributed by atoms with Crippen LogP contribution in [-0.2, 0) is 18.2 Å². The van der Waals surface area contributed by atoms with Crippen molar-refractivity contribution in [2.24, 2.45) is 18.4 Å². The molecule has 2 rings (SSSR count). The quantitative estimate of drug-likeness (QED) is 0.850. The lowest BCUT2D eigenvalue weighted by Gasteiger charge is -2.38. The Morgan fingerprint density at radius 1 is 1.38 bits per heavy atom. The van der Waals surface area contributed by atoms with E-state index in [1.54, 1.807) is 0 Å². The van der Waals surface area contributed by atoms with Gasteiger partial charge >= 0.3 is 0 Å². The van der Waals surface area contributed by atoms with Crippen LogP contribution in [-0.4, -0.2) is 36.1 Å². The molecule has 0 atom stereocenters. The fourth-order valence-corrected chi connectivity index (χ4v) is 3.55. The first-order valence-corrected chi connectivity index (χ1v) is 8.69. The molecule has 5 heteroatoms. The molecule has 1 N–H and O–H groups in total. The van der Waals surface area contributed by atoms with Gasteiger partial charge in [0, 0.05) is 26.8 Å². The Morgan fingerprint density at radius 2 is 2.05 bits per heavy atom. The Labute approximate surface area is 136 Å². The van der Waals surface area contributed by atoms with Crippen LogP contribution in [0, 0.1) is 18.3 Å². The van der Waals surface area contributed by atoms with Crippen LogP contribution in [0.3, 0.4) is 0 Å². The van der Waals surface area contributed by atoms with E-state index in [0.717, 1.165) is 51.3 Å². The monoisotopic (exact) mass is 357 g/mol. The summed E-state index contributed by atoms with van der Waals surface area (Å²) in [6.07, 6.45) is 3.29. The first kappa shape index (κ1) is 17.0. The summed E-state index contributed by atoms with van der Waals surface area (Å²) < 4.78 is 8.79. The SMILES string of the molecule is Cc1nn(C)c(CC2(CNCC(C)C)CCOCC2)c1Br. The van der Waals surface area contributed by atoms with Gasteiger partial charge in [-0.3, -0.25) is 4.68 Å². The number of halogens is 1. The molecule has 1 aromatic heterocycles. The van der Waals surface area contributed by atoms with Crippen molar-refractivity contribution in [1.82, 2.24) is 15.1 Å². The number of nitrogens with one attached hydrogen (secondary N) is 1. The molecule has 0 saturated carbocycles. The predicted octanol–water partition coefficient (Wildman–Crippen LogP) is 3.08. The number of hydrogen-bond donors (Lipinski definition) is 1. The smallest absolute Gasteiger partial charge is 0.0738 e. The third-order valence-electron chi connectivity index (χ3n) is 4.41. The highest BCUT2D eigenvalue weighted by atomic mass is 79.9. The fourth-order valence-electron chi connectivity index (χ4n) is 3.07. The molecular formula is C16H28BrN3O. The molecule has 1 saturated heterocycles. The van der Waals surface area contributed by atoms with Crippen molar-refractivity contribution >= 4 is 15.9 Å². The molecule has 0 spiro atoms. The van der Waals surface area contributed by atoms with E-state index >= 15 is 0 Å². The molecule has 2 heterocycles. The van der Waals surface area contributed by atoms with E-state index < -0.39 is 0 Å². The lowest BCUT2D eigenvalue weighted by atomic mass is 9.76. The van der Waals surface area contributed by atoms with E-state index in [4.69, 9.17) is 4.74 Å². The van der Waals surface area contributed by atoms with E-state index in [9.17, 15) is 0 Å². The number of hydrogen-bond acceptors (Lipinski definition) is 3. The highest BCUT2D eigenvalue weighted by molar-refractivity contribution is 9.10. The molecule has 0 unspecified atom stereocenters. The fraction of sp³-hybridized carbons (Fsp3) is 0.812. The summed E-state index contributed by atoms with van der Waals surface area (Å²) in [5.41, 5.74) is 2.67. The van der Waals surface area contributed by atoms with E-state index in [2.05, 4.69) is 47.1 Å². The second kappa shape index (κ2) is 7.25. The number of rotatable bonds is 6. The van der Waals surface area contributed by atoms with E-state index in [1.807, 2.05) is 11.7 Å². The topological polar surface area (TPSA) is 39.1 Å². The maximum Gasteiger partial charge on any atom is 0.0738 e. The van der Waals surface area contributed by atoms with Crippen LogP contribution in [0.4, 0.5) is 0 Å². The molecule has 0 aliphatic carbocycles. The van der Waals surface area contributed by atoms with Crippen molar-refractivity contribution in [2.45, 2.75) is 40.0 Å². The predicted molar refractivity (Wildman–Crippen MR) is 89.5 cm³/mol. The number of ether oxygens (including phenoxy) is 1. The van der Waals surface area contributed by atoms with Crippen molar-refractivity contribution in [1.29, 1.82) is 0 Å². The van der Waals surface area contributed by atoms with E-state index in [0.29, 0.717) is 5.92 Å². The van der Waals surface area contributed by atoms with Gasteiger partial charge in [0.1, 0.15) is 0 Å². The third-order valence-corrected chi connectivity index (χ3v) is 5.44. The van der Waals surface area contributed by atoms with Gasteiger partial charge in [-0.2, -0.15) is 5.10 Å². The van der Waals surface area contributed by atoms with Crippen LogP contribution in [0.2, 0.25) is 0 Å². The second-order valence-corrected chi connectivity index (χ2v) is 7.58. The molecule has 1 aliphatic heterocycles. The summed E-state index contributed by atoms with van der Waals surface area (Å²) in [7, 11) is 2.04. The third kappa shape index (κ3) is 4.30. The van der Waals surface area contributed by atoms with Gasteiger partial charge in [0.15, 0.2) is 0 Å². The first-order chi connectivity index (χ1) is 9.93.